The van der Waals surface area contributed by atoms with E-state index < -0.39 is 39.3 Å². The predicted molar refractivity (Wildman–Crippen MR) is 63.3 cm³/mol. The summed E-state index contributed by atoms with van der Waals surface area (Å²) in [5, 5.41) is 8.43. The topological polar surface area (TPSA) is 66.4 Å². The van der Waals surface area contributed by atoms with Crippen molar-refractivity contribution in [1.29, 1.82) is 0 Å². The third-order valence-corrected chi connectivity index (χ3v) is 4.25. The highest BCUT2D eigenvalue weighted by Gasteiger charge is 2.32. The predicted octanol–water partition coefficient (Wildman–Crippen LogP) is 2.02. The van der Waals surface area contributed by atoms with Crippen molar-refractivity contribution >= 4 is 21.6 Å². The summed E-state index contributed by atoms with van der Waals surface area (Å²) in [6, 6.07) is 1.17. The van der Waals surface area contributed by atoms with E-state index in [1.165, 1.54) is 6.92 Å². The van der Waals surface area contributed by atoms with Gasteiger partial charge in [0.2, 0.25) is 10.0 Å². The monoisotopic (exact) mass is 317 g/mol. The van der Waals surface area contributed by atoms with Crippen LogP contribution in [0.2, 0.25) is 5.02 Å². The van der Waals surface area contributed by atoms with E-state index in [2.05, 4.69) is 0 Å². The molecule has 1 aromatic rings. The van der Waals surface area contributed by atoms with E-state index in [1.807, 2.05) is 4.72 Å². The number of benzene rings is 1. The van der Waals surface area contributed by atoms with Gasteiger partial charge in [-0.05, 0) is 25.1 Å². The van der Waals surface area contributed by atoms with E-state index >= 15 is 0 Å². The Balaban J connectivity index is 3.26. The van der Waals surface area contributed by atoms with Gasteiger partial charge in [-0.3, -0.25) is 0 Å². The number of hydrogen-bond acceptors (Lipinski definition) is 3. The van der Waals surface area contributed by atoms with Crippen LogP contribution in [0, 0.1) is 0 Å². The molecule has 2 N–H and O–H groups in total. The van der Waals surface area contributed by atoms with Gasteiger partial charge in [-0.2, -0.15) is 13.2 Å². The Kier molecular flexibility index (Phi) is 4.83. The largest absolute Gasteiger partial charge is 0.416 e. The third kappa shape index (κ3) is 4.07. The van der Waals surface area contributed by atoms with Crippen LogP contribution >= 0.6 is 11.6 Å². The minimum absolute atomic E-state index is 0.328. The lowest BCUT2D eigenvalue weighted by Crippen LogP contribution is -2.35. The lowest BCUT2D eigenvalue weighted by atomic mass is 10.2. The summed E-state index contributed by atoms with van der Waals surface area (Å²) in [4.78, 5) is -0.677. The highest BCUT2D eigenvalue weighted by Crippen LogP contribution is 2.33. The lowest BCUT2D eigenvalue weighted by Gasteiger charge is -2.14. The maximum atomic E-state index is 12.5. The smallest absolute Gasteiger partial charge is 0.395 e. The van der Waals surface area contributed by atoms with Gasteiger partial charge in [-0.15, -0.1) is 0 Å². The van der Waals surface area contributed by atoms with Gasteiger partial charge >= 0.3 is 6.18 Å². The zero-order chi connectivity index (χ0) is 14.8. The second-order valence-corrected chi connectivity index (χ2v) is 5.94. The number of alkyl halides is 3. The first-order valence-electron chi connectivity index (χ1n) is 5.08. The summed E-state index contributed by atoms with van der Waals surface area (Å²) in [7, 11) is -4.23. The summed E-state index contributed by atoms with van der Waals surface area (Å²) in [5.74, 6) is 0. The molecule has 0 aliphatic rings. The van der Waals surface area contributed by atoms with Gasteiger partial charge < -0.3 is 5.11 Å². The molecule has 108 valence electrons. The standard InChI is InChI=1S/C10H11ClF3NO3S/c1-6(5-16)15-19(17,18)9-4-7(10(12,13)14)2-3-8(9)11/h2-4,6,15-16H,5H2,1H3. The molecule has 19 heavy (non-hydrogen) atoms. The van der Waals surface area contributed by atoms with Gasteiger partial charge in [-0.25, -0.2) is 13.1 Å². The summed E-state index contributed by atoms with van der Waals surface area (Å²) < 4.78 is 63.2. The molecule has 4 nitrogen and oxygen atoms in total. The summed E-state index contributed by atoms with van der Waals surface area (Å²) >= 11 is 5.61. The van der Waals surface area contributed by atoms with Crippen LogP contribution in [0.4, 0.5) is 13.2 Å². The average molecular weight is 318 g/mol. The van der Waals surface area contributed by atoms with Crippen LogP contribution in [0.3, 0.4) is 0 Å². The van der Waals surface area contributed by atoms with Gasteiger partial charge in [0.1, 0.15) is 4.90 Å². The van der Waals surface area contributed by atoms with Crippen molar-refractivity contribution in [3.05, 3.63) is 28.8 Å². The molecule has 1 aromatic carbocycles. The molecule has 0 radical (unpaired) electrons. The average Bonchev–Trinajstić information content (AvgIpc) is 2.26. The van der Waals surface area contributed by atoms with Crippen molar-refractivity contribution in [1.82, 2.24) is 4.72 Å². The van der Waals surface area contributed by atoms with Crippen molar-refractivity contribution in [3.63, 3.8) is 0 Å². The lowest BCUT2D eigenvalue weighted by molar-refractivity contribution is -0.137. The van der Waals surface area contributed by atoms with Gasteiger partial charge in [0.05, 0.1) is 17.2 Å². The molecule has 0 bridgehead atoms. The molecule has 0 aliphatic carbocycles. The summed E-state index contributed by atoms with van der Waals surface area (Å²) in [6.45, 7) is 0.870. The number of rotatable bonds is 4. The van der Waals surface area contributed by atoms with Gasteiger partial charge in [0.15, 0.2) is 0 Å². The fourth-order valence-electron chi connectivity index (χ4n) is 1.25. The molecule has 1 rings (SSSR count). The van der Waals surface area contributed by atoms with E-state index in [-0.39, 0.29) is 5.02 Å². The summed E-state index contributed by atoms with van der Waals surface area (Å²) in [6.07, 6.45) is -4.67. The fourth-order valence-corrected chi connectivity index (χ4v) is 3.01. The van der Waals surface area contributed by atoms with Crippen LogP contribution in [0.1, 0.15) is 12.5 Å². The maximum absolute atomic E-state index is 12.5. The molecule has 0 spiro atoms. The van der Waals surface area contributed by atoms with Gasteiger partial charge in [0.25, 0.3) is 0 Å². The van der Waals surface area contributed by atoms with Crippen molar-refractivity contribution in [2.24, 2.45) is 0 Å². The second-order valence-electron chi connectivity index (χ2n) is 3.85. The quantitative estimate of drug-likeness (QED) is 0.893. The normalized spacial score (nSPS) is 14.4. The van der Waals surface area contributed by atoms with Crippen molar-refractivity contribution in [2.75, 3.05) is 6.61 Å². The highest BCUT2D eigenvalue weighted by atomic mass is 35.5. The number of sulfonamides is 1. The highest BCUT2D eigenvalue weighted by molar-refractivity contribution is 7.89. The van der Waals surface area contributed by atoms with Crippen LogP contribution < -0.4 is 4.72 Å². The number of aliphatic hydroxyl groups excluding tert-OH is 1. The Labute approximate surface area is 113 Å². The van der Waals surface area contributed by atoms with E-state index in [0.29, 0.717) is 12.1 Å². The van der Waals surface area contributed by atoms with Crippen molar-refractivity contribution < 1.29 is 26.7 Å². The Morgan fingerprint density at radius 3 is 2.47 bits per heavy atom. The van der Waals surface area contributed by atoms with E-state index in [0.717, 1.165) is 6.07 Å². The zero-order valence-corrected chi connectivity index (χ0v) is 11.3. The van der Waals surface area contributed by atoms with Crippen LogP contribution in [0.15, 0.2) is 23.1 Å². The maximum Gasteiger partial charge on any atom is 0.416 e. The SMILES string of the molecule is CC(CO)NS(=O)(=O)c1cc(C(F)(F)F)ccc1Cl. The summed E-state index contributed by atoms with van der Waals surface area (Å²) in [5.41, 5.74) is -1.12. The zero-order valence-electron chi connectivity index (χ0n) is 9.70. The Hall–Kier alpha value is -0.830. The minimum Gasteiger partial charge on any atom is -0.395 e. The first kappa shape index (κ1) is 16.2. The first-order valence-corrected chi connectivity index (χ1v) is 6.94. The minimum atomic E-state index is -4.67. The van der Waals surface area contributed by atoms with Crippen LogP contribution in [0.5, 0.6) is 0 Å². The van der Waals surface area contributed by atoms with Gasteiger partial charge in [-0.1, -0.05) is 11.6 Å². The number of nitrogens with one attached hydrogen (secondary N) is 1. The van der Waals surface area contributed by atoms with Crippen LogP contribution in [-0.4, -0.2) is 26.2 Å². The molecule has 1 unspecified atom stereocenters. The van der Waals surface area contributed by atoms with E-state index in [1.54, 1.807) is 0 Å². The molecular formula is C10H11ClF3NO3S. The number of hydrogen-bond donors (Lipinski definition) is 2. The molecule has 1 atom stereocenters. The molecule has 0 saturated heterocycles. The Morgan fingerprint density at radius 2 is 2.00 bits per heavy atom. The fraction of sp³-hybridized carbons (Fsp3) is 0.400. The molecule has 0 saturated carbocycles. The van der Waals surface area contributed by atoms with Crippen molar-refractivity contribution in [2.45, 2.75) is 24.0 Å². The van der Waals surface area contributed by atoms with Crippen LogP contribution in [0.25, 0.3) is 0 Å². The number of aliphatic hydroxyl groups is 1. The first-order chi connectivity index (χ1) is 8.58. The van der Waals surface area contributed by atoms with Crippen LogP contribution in [-0.2, 0) is 16.2 Å². The molecule has 0 amide bonds. The van der Waals surface area contributed by atoms with E-state index in [4.69, 9.17) is 16.7 Å². The molecule has 9 heteroatoms. The number of halogens is 4. The molecule has 0 fully saturated rings. The Bertz CT molecular complexity index is 560. The molecular weight excluding hydrogens is 307 g/mol. The third-order valence-electron chi connectivity index (χ3n) is 2.18. The van der Waals surface area contributed by atoms with E-state index in [9.17, 15) is 21.6 Å². The molecule has 0 heterocycles. The Morgan fingerprint density at radius 1 is 1.42 bits per heavy atom. The molecule has 0 aliphatic heterocycles. The van der Waals surface area contributed by atoms with Crippen molar-refractivity contribution in [3.8, 4) is 0 Å². The molecule has 0 aromatic heterocycles. The second kappa shape index (κ2) is 5.66. The van der Waals surface area contributed by atoms with Gasteiger partial charge in [0, 0.05) is 6.04 Å².